The summed E-state index contributed by atoms with van der Waals surface area (Å²) in [6, 6.07) is 0.446. The number of nitrogens with zero attached hydrogens (tertiary/aromatic N) is 5. The lowest BCUT2D eigenvalue weighted by Gasteiger charge is -2.39. The molecule has 0 aliphatic carbocycles. The van der Waals surface area contributed by atoms with E-state index < -0.39 is 0 Å². The van der Waals surface area contributed by atoms with Gasteiger partial charge in [0, 0.05) is 50.4 Å². The number of hydrogen-bond acceptors (Lipinski definition) is 4. The lowest BCUT2D eigenvalue weighted by molar-refractivity contribution is 0.189. The molecule has 3 rings (SSSR count). The molecule has 1 fully saturated rings. The van der Waals surface area contributed by atoms with Crippen LogP contribution in [0.15, 0.2) is 23.7 Å². The van der Waals surface area contributed by atoms with Crippen LogP contribution in [0.2, 0.25) is 0 Å². The Kier molecular flexibility index (Phi) is 7.87. The second-order valence-corrected chi connectivity index (χ2v) is 8.04. The van der Waals surface area contributed by atoms with Crippen LogP contribution in [0.3, 0.4) is 0 Å². The quantitative estimate of drug-likeness (QED) is 0.408. The number of hydrogen-bond donors (Lipinski definition) is 1. The van der Waals surface area contributed by atoms with Crippen molar-refractivity contribution in [1.82, 2.24) is 24.8 Å². The summed E-state index contributed by atoms with van der Waals surface area (Å²) in [5.74, 6) is 1.64. The van der Waals surface area contributed by atoms with Crippen LogP contribution in [0, 0.1) is 19.8 Å². The van der Waals surface area contributed by atoms with Crippen LogP contribution < -0.4 is 5.32 Å². The molecule has 1 saturated heterocycles. The monoisotopic (exact) mass is 488 g/mol. The third-order valence-corrected chi connectivity index (χ3v) is 6.11. The van der Waals surface area contributed by atoms with Gasteiger partial charge >= 0.3 is 0 Å². The Morgan fingerprint density at radius 1 is 1.42 bits per heavy atom. The molecule has 0 saturated carbocycles. The van der Waals surface area contributed by atoms with Gasteiger partial charge in [0.15, 0.2) is 5.96 Å². The summed E-state index contributed by atoms with van der Waals surface area (Å²) in [6.07, 6.45) is 8.01. The molecule has 0 spiro atoms. The van der Waals surface area contributed by atoms with Gasteiger partial charge in [-0.15, -0.1) is 35.3 Å². The highest BCUT2D eigenvalue weighted by molar-refractivity contribution is 14.0. The number of guanidine groups is 1. The van der Waals surface area contributed by atoms with Crippen LogP contribution in [0.25, 0.3) is 0 Å². The van der Waals surface area contributed by atoms with Crippen molar-refractivity contribution in [3.63, 3.8) is 0 Å². The van der Waals surface area contributed by atoms with Crippen molar-refractivity contribution in [2.75, 3.05) is 26.7 Å². The molecule has 0 bridgehead atoms. The minimum atomic E-state index is 0. The third kappa shape index (κ3) is 4.97. The van der Waals surface area contributed by atoms with Gasteiger partial charge in [-0.2, -0.15) is 0 Å². The van der Waals surface area contributed by atoms with Crippen LogP contribution in [0.4, 0.5) is 0 Å². The molecule has 144 valence electrons. The van der Waals surface area contributed by atoms with Gasteiger partial charge in [-0.1, -0.05) is 6.92 Å². The summed E-state index contributed by atoms with van der Waals surface area (Å²) in [4.78, 5) is 17.0. The van der Waals surface area contributed by atoms with E-state index in [1.807, 2.05) is 19.6 Å². The Hall–Kier alpha value is -1.16. The number of rotatable bonds is 4. The van der Waals surface area contributed by atoms with E-state index >= 15 is 0 Å². The minimum absolute atomic E-state index is 0. The normalized spacial score (nSPS) is 20.8. The first-order valence-corrected chi connectivity index (χ1v) is 9.76. The van der Waals surface area contributed by atoms with Gasteiger partial charge in [-0.25, -0.2) is 9.97 Å². The SMILES string of the molecule is CN=C(NCCc1sc(C)nc1C)N1CCC(C)C(n2ccnc2)C1.I. The molecule has 6 nitrogen and oxygen atoms in total. The van der Waals surface area contributed by atoms with Gasteiger partial charge in [0.1, 0.15) is 0 Å². The van der Waals surface area contributed by atoms with Crippen LogP contribution in [0.1, 0.15) is 35.0 Å². The third-order valence-electron chi connectivity index (χ3n) is 4.97. The average molecular weight is 488 g/mol. The van der Waals surface area contributed by atoms with E-state index in [0.29, 0.717) is 12.0 Å². The van der Waals surface area contributed by atoms with Gasteiger partial charge in [0.2, 0.25) is 0 Å². The maximum absolute atomic E-state index is 4.51. The molecular formula is C18H29IN6S. The van der Waals surface area contributed by atoms with Crippen molar-refractivity contribution in [2.24, 2.45) is 10.9 Å². The fourth-order valence-corrected chi connectivity index (χ4v) is 4.46. The van der Waals surface area contributed by atoms with Crippen molar-refractivity contribution >= 4 is 41.3 Å². The number of aryl methyl sites for hydroxylation is 2. The summed E-state index contributed by atoms with van der Waals surface area (Å²) in [7, 11) is 1.87. The summed E-state index contributed by atoms with van der Waals surface area (Å²) in [5.41, 5.74) is 1.16. The van der Waals surface area contributed by atoms with Gasteiger partial charge in [0.05, 0.1) is 23.1 Å². The highest BCUT2D eigenvalue weighted by Crippen LogP contribution is 2.27. The Balaban J connectivity index is 0.00000243. The van der Waals surface area contributed by atoms with Crippen LogP contribution in [0.5, 0.6) is 0 Å². The van der Waals surface area contributed by atoms with E-state index in [9.17, 15) is 0 Å². The second-order valence-electron chi connectivity index (χ2n) is 6.75. The topological polar surface area (TPSA) is 58.3 Å². The summed E-state index contributed by atoms with van der Waals surface area (Å²) < 4.78 is 2.23. The molecule has 2 unspecified atom stereocenters. The summed E-state index contributed by atoms with van der Waals surface area (Å²) in [6.45, 7) is 9.39. The van der Waals surface area contributed by atoms with Crippen molar-refractivity contribution in [2.45, 2.75) is 39.7 Å². The Morgan fingerprint density at radius 3 is 2.85 bits per heavy atom. The molecule has 2 aromatic heterocycles. The molecule has 0 aromatic carbocycles. The second kappa shape index (κ2) is 9.68. The Bertz CT molecular complexity index is 711. The smallest absolute Gasteiger partial charge is 0.193 e. The van der Waals surface area contributed by atoms with E-state index in [1.54, 1.807) is 11.3 Å². The van der Waals surface area contributed by atoms with Crippen molar-refractivity contribution in [3.05, 3.63) is 34.3 Å². The minimum Gasteiger partial charge on any atom is -0.356 e. The van der Waals surface area contributed by atoms with Crippen LogP contribution >= 0.6 is 35.3 Å². The molecule has 1 aliphatic heterocycles. The molecule has 2 aromatic rings. The zero-order valence-electron chi connectivity index (χ0n) is 16.0. The van der Waals surface area contributed by atoms with Gasteiger partial charge in [0.25, 0.3) is 0 Å². The lowest BCUT2D eigenvalue weighted by atomic mass is 9.93. The number of aliphatic imine (C=N–C) groups is 1. The van der Waals surface area contributed by atoms with Crippen molar-refractivity contribution in [1.29, 1.82) is 0 Å². The molecule has 26 heavy (non-hydrogen) atoms. The summed E-state index contributed by atoms with van der Waals surface area (Å²) in [5, 5.41) is 4.68. The van der Waals surface area contributed by atoms with Crippen LogP contribution in [-0.4, -0.2) is 52.1 Å². The number of imidazole rings is 1. The van der Waals surface area contributed by atoms with Gasteiger partial charge in [-0.3, -0.25) is 4.99 Å². The van der Waals surface area contributed by atoms with Gasteiger partial charge < -0.3 is 14.8 Å². The van der Waals surface area contributed by atoms with E-state index in [0.717, 1.165) is 49.1 Å². The maximum atomic E-state index is 4.51. The van der Waals surface area contributed by atoms with E-state index in [-0.39, 0.29) is 24.0 Å². The highest BCUT2D eigenvalue weighted by atomic mass is 127. The molecule has 3 heterocycles. The molecule has 1 aliphatic rings. The number of halogens is 1. The number of thiazole rings is 1. The standard InChI is InChI=1S/C18H28N6S.HI/c1-13-6-9-23(11-16(13)24-10-8-20-12-24)18(19-4)21-7-5-17-14(2)22-15(3)25-17;/h8,10,12-13,16H,5-7,9,11H2,1-4H3,(H,19,21);1H. The fraction of sp³-hybridized carbons (Fsp3) is 0.611. The molecule has 2 atom stereocenters. The van der Waals surface area contributed by atoms with Crippen LogP contribution in [-0.2, 0) is 6.42 Å². The molecule has 1 N–H and O–H groups in total. The van der Waals surface area contributed by atoms with E-state index in [1.165, 1.54) is 4.88 Å². The molecular weight excluding hydrogens is 459 g/mol. The van der Waals surface area contributed by atoms with Crippen molar-refractivity contribution in [3.8, 4) is 0 Å². The summed E-state index contributed by atoms with van der Waals surface area (Å²) >= 11 is 1.79. The largest absolute Gasteiger partial charge is 0.356 e. The number of aromatic nitrogens is 3. The van der Waals surface area contributed by atoms with Crippen molar-refractivity contribution < 1.29 is 0 Å². The predicted molar refractivity (Wildman–Crippen MR) is 119 cm³/mol. The first kappa shape index (κ1) is 21.1. The first-order valence-electron chi connectivity index (χ1n) is 8.94. The lowest BCUT2D eigenvalue weighted by Crippen LogP contribution is -2.49. The highest BCUT2D eigenvalue weighted by Gasteiger charge is 2.28. The zero-order valence-corrected chi connectivity index (χ0v) is 19.1. The van der Waals surface area contributed by atoms with E-state index in [2.05, 4.69) is 56.7 Å². The molecule has 0 amide bonds. The Labute approximate surface area is 177 Å². The van der Waals surface area contributed by atoms with E-state index in [4.69, 9.17) is 0 Å². The average Bonchev–Trinajstić information content (AvgIpc) is 3.22. The van der Waals surface area contributed by atoms with Gasteiger partial charge in [-0.05, 0) is 26.2 Å². The fourth-order valence-electron chi connectivity index (χ4n) is 3.52. The Morgan fingerprint density at radius 2 is 2.23 bits per heavy atom. The maximum Gasteiger partial charge on any atom is 0.193 e. The number of nitrogens with one attached hydrogen (secondary N) is 1. The molecule has 8 heteroatoms. The number of piperidine rings is 1. The molecule has 0 radical (unpaired) electrons. The zero-order chi connectivity index (χ0) is 17.8. The first-order chi connectivity index (χ1) is 12.1. The predicted octanol–water partition coefficient (Wildman–Crippen LogP) is 3.28. The number of likely N-dealkylation sites (tertiary alicyclic amines) is 1.